The highest BCUT2D eigenvalue weighted by Gasteiger charge is 2.19. The lowest BCUT2D eigenvalue weighted by Crippen LogP contribution is -2.34. The normalized spacial score (nSPS) is 19.6. The summed E-state index contributed by atoms with van der Waals surface area (Å²) in [4.78, 5) is 0. The van der Waals surface area contributed by atoms with Crippen LogP contribution in [-0.4, -0.2) is 27.5 Å². The molecule has 0 fully saturated rings. The first-order chi connectivity index (χ1) is 9.83. The first-order valence-corrected chi connectivity index (χ1v) is 7.29. The summed E-state index contributed by atoms with van der Waals surface area (Å²) in [5, 5.41) is 17.7. The van der Waals surface area contributed by atoms with Crippen molar-refractivity contribution in [1.82, 2.24) is 15.1 Å². The van der Waals surface area contributed by atoms with Crippen LogP contribution >= 0.6 is 0 Å². The number of benzene rings is 1. The SMILES string of the molecule is OC(CNC1CCCc2ccccc21)Cn1cccn1. The van der Waals surface area contributed by atoms with E-state index in [-0.39, 0.29) is 0 Å². The van der Waals surface area contributed by atoms with Gasteiger partial charge in [0.1, 0.15) is 0 Å². The van der Waals surface area contributed by atoms with Gasteiger partial charge in [0.15, 0.2) is 0 Å². The summed E-state index contributed by atoms with van der Waals surface area (Å²) in [7, 11) is 0. The highest BCUT2D eigenvalue weighted by atomic mass is 16.3. The zero-order valence-electron chi connectivity index (χ0n) is 11.6. The van der Waals surface area contributed by atoms with E-state index in [4.69, 9.17) is 0 Å². The fourth-order valence-electron chi connectivity index (χ4n) is 2.93. The largest absolute Gasteiger partial charge is 0.390 e. The fourth-order valence-corrected chi connectivity index (χ4v) is 2.93. The van der Waals surface area contributed by atoms with E-state index in [9.17, 15) is 5.11 Å². The van der Waals surface area contributed by atoms with Gasteiger partial charge in [0.05, 0.1) is 12.6 Å². The molecule has 1 heterocycles. The molecule has 0 aliphatic heterocycles. The van der Waals surface area contributed by atoms with Crippen LogP contribution in [0.3, 0.4) is 0 Å². The predicted molar refractivity (Wildman–Crippen MR) is 78.4 cm³/mol. The van der Waals surface area contributed by atoms with Crippen LogP contribution in [0, 0.1) is 0 Å². The van der Waals surface area contributed by atoms with Gasteiger partial charge in [-0.25, -0.2) is 0 Å². The summed E-state index contributed by atoms with van der Waals surface area (Å²) < 4.78 is 1.77. The maximum absolute atomic E-state index is 10.1. The van der Waals surface area contributed by atoms with Gasteiger partial charge >= 0.3 is 0 Å². The third kappa shape index (κ3) is 3.08. The molecule has 4 heteroatoms. The van der Waals surface area contributed by atoms with Gasteiger partial charge < -0.3 is 10.4 Å². The lowest BCUT2D eigenvalue weighted by atomic mass is 9.88. The summed E-state index contributed by atoms with van der Waals surface area (Å²) in [5.74, 6) is 0. The van der Waals surface area contributed by atoms with E-state index in [1.54, 1.807) is 10.9 Å². The molecule has 0 saturated carbocycles. The molecule has 106 valence electrons. The summed E-state index contributed by atoms with van der Waals surface area (Å²) in [5.41, 5.74) is 2.84. The van der Waals surface area contributed by atoms with E-state index in [2.05, 4.69) is 34.7 Å². The van der Waals surface area contributed by atoms with Crippen LogP contribution in [-0.2, 0) is 13.0 Å². The van der Waals surface area contributed by atoms with E-state index < -0.39 is 6.10 Å². The second-order valence-corrected chi connectivity index (χ2v) is 5.43. The third-order valence-corrected chi connectivity index (χ3v) is 3.93. The quantitative estimate of drug-likeness (QED) is 0.873. The van der Waals surface area contributed by atoms with E-state index in [0.717, 1.165) is 6.42 Å². The van der Waals surface area contributed by atoms with Crippen LogP contribution in [0.1, 0.15) is 30.0 Å². The van der Waals surface area contributed by atoms with Gasteiger partial charge in [0, 0.05) is 25.0 Å². The first kappa shape index (κ1) is 13.3. The second-order valence-electron chi connectivity index (χ2n) is 5.43. The number of hydrogen-bond donors (Lipinski definition) is 2. The molecule has 2 aromatic rings. The molecule has 20 heavy (non-hydrogen) atoms. The molecule has 0 spiro atoms. The minimum atomic E-state index is -0.413. The van der Waals surface area contributed by atoms with E-state index in [1.807, 2.05) is 12.3 Å². The van der Waals surface area contributed by atoms with Crippen molar-refractivity contribution in [3.63, 3.8) is 0 Å². The van der Waals surface area contributed by atoms with Gasteiger partial charge in [-0.2, -0.15) is 5.10 Å². The molecule has 1 aromatic carbocycles. The molecule has 0 saturated heterocycles. The maximum atomic E-state index is 10.1. The Hall–Kier alpha value is -1.65. The molecule has 1 aliphatic carbocycles. The fraction of sp³-hybridized carbons (Fsp3) is 0.438. The second kappa shape index (κ2) is 6.20. The van der Waals surface area contributed by atoms with Crippen molar-refractivity contribution in [2.75, 3.05) is 6.54 Å². The Balaban J connectivity index is 1.56. The van der Waals surface area contributed by atoms with E-state index in [1.165, 1.54) is 24.0 Å². The average molecular weight is 271 g/mol. The molecular weight excluding hydrogens is 250 g/mol. The number of hydrogen-bond acceptors (Lipinski definition) is 3. The van der Waals surface area contributed by atoms with Crippen LogP contribution in [0.5, 0.6) is 0 Å². The summed E-state index contributed by atoms with van der Waals surface area (Å²) in [6.07, 6.45) is 6.72. The number of nitrogens with one attached hydrogen (secondary N) is 1. The van der Waals surface area contributed by atoms with Crippen LogP contribution in [0.2, 0.25) is 0 Å². The molecule has 4 nitrogen and oxygen atoms in total. The zero-order valence-corrected chi connectivity index (χ0v) is 11.6. The van der Waals surface area contributed by atoms with Crippen LogP contribution in [0.25, 0.3) is 0 Å². The number of rotatable bonds is 5. The maximum Gasteiger partial charge on any atom is 0.0860 e. The van der Waals surface area contributed by atoms with Crippen molar-refractivity contribution in [2.24, 2.45) is 0 Å². The van der Waals surface area contributed by atoms with Gasteiger partial charge in [-0.05, 0) is 36.5 Å². The van der Waals surface area contributed by atoms with Crippen molar-refractivity contribution in [3.05, 3.63) is 53.9 Å². The highest BCUT2D eigenvalue weighted by Crippen LogP contribution is 2.29. The number of aliphatic hydroxyl groups is 1. The Morgan fingerprint density at radius 3 is 3.10 bits per heavy atom. The lowest BCUT2D eigenvalue weighted by Gasteiger charge is -2.27. The smallest absolute Gasteiger partial charge is 0.0860 e. The van der Waals surface area contributed by atoms with Crippen LogP contribution < -0.4 is 5.32 Å². The molecule has 0 amide bonds. The van der Waals surface area contributed by atoms with Gasteiger partial charge in [0.25, 0.3) is 0 Å². The Bertz CT molecular complexity index is 538. The molecule has 0 bridgehead atoms. The Labute approximate surface area is 119 Å². The van der Waals surface area contributed by atoms with Crippen LogP contribution in [0.15, 0.2) is 42.7 Å². The van der Waals surface area contributed by atoms with Crippen molar-refractivity contribution in [1.29, 1.82) is 0 Å². The Morgan fingerprint density at radius 2 is 2.25 bits per heavy atom. The minimum Gasteiger partial charge on any atom is -0.390 e. The highest BCUT2D eigenvalue weighted by molar-refractivity contribution is 5.32. The number of nitrogens with zero attached hydrogens (tertiary/aromatic N) is 2. The van der Waals surface area contributed by atoms with Gasteiger partial charge in [-0.1, -0.05) is 24.3 Å². The van der Waals surface area contributed by atoms with Gasteiger partial charge in [0.2, 0.25) is 0 Å². The third-order valence-electron chi connectivity index (χ3n) is 3.93. The lowest BCUT2D eigenvalue weighted by molar-refractivity contribution is 0.141. The molecule has 0 radical (unpaired) electrons. The first-order valence-electron chi connectivity index (χ1n) is 7.29. The van der Waals surface area contributed by atoms with Gasteiger partial charge in [-0.3, -0.25) is 4.68 Å². The zero-order chi connectivity index (χ0) is 13.8. The monoisotopic (exact) mass is 271 g/mol. The molecule has 2 N–H and O–H groups in total. The van der Waals surface area contributed by atoms with E-state index in [0.29, 0.717) is 19.1 Å². The van der Waals surface area contributed by atoms with Crippen molar-refractivity contribution < 1.29 is 5.11 Å². The van der Waals surface area contributed by atoms with E-state index >= 15 is 0 Å². The molecule has 1 aromatic heterocycles. The predicted octanol–water partition coefficient (Wildman–Crippen LogP) is 1.91. The Kier molecular flexibility index (Phi) is 4.14. The minimum absolute atomic E-state index is 0.368. The molecule has 1 aliphatic rings. The van der Waals surface area contributed by atoms with Gasteiger partial charge in [-0.15, -0.1) is 0 Å². The molecular formula is C16H21N3O. The van der Waals surface area contributed by atoms with Crippen molar-refractivity contribution >= 4 is 0 Å². The molecule has 2 unspecified atom stereocenters. The number of fused-ring (bicyclic) bond motifs is 1. The summed E-state index contributed by atoms with van der Waals surface area (Å²) in [6.45, 7) is 1.13. The standard InChI is InChI=1S/C16H21N3O/c20-14(12-19-10-4-9-18-19)11-17-16-8-3-6-13-5-1-2-7-15(13)16/h1-2,4-5,7,9-10,14,16-17,20H,3,6,8,11-12H2. The topological polar surface area (TPSA) is 50.1 Å². The summed E-state index contributed by atoms with van der Waals surface area (Å²) >= 11 is 0. The Morgan fingerprint density at radius 1 is 1.35 bits per heavy atom. The number of aromatic nitrogens is 2. The summed E-state index contributed by atoms with van der Waals surface area (Å²) in [6, 6.07) is 10.9. The number of aryl methyl sites for hydroxylation is 1. The van der Waals surface area contributed by atoms with Crippen LogP contribution in [0.4, 0.5) is 0 Å². The molecule has 2 atom stereocenters. The van der Waals surface area contributed by atoms with Crippen molar-refractivity contribution in [2.45, 2.75) is 38.0 Å². The average Bonchev–Trinajstić information content (AvgIpc) is 2.98. The number of aliphatic hydroxyl groups excluding tert-OH is 1. The molecule has 3 rings (SSSR count). The van der Waals surface area contributed by atoms with Crippen molar-refractivity contribution in [3.8, 4) is 0 Å².